The van der Waals surface area contributed by atoms with Gasteiger partial charge in [0.2, 0.25) is 5.91 Å². The molecule has 0 aromatic heterocycles. The zero-order valence-corrected chi connectivity index (χ0v) is 9.92. The number of nitrogens with one attached hydrogen (secondary N) is 1. The van der Waals surface area contributed by atoms with Gasteiger partial charge in [-0.15, -0.1) is 0 Å². The molecule has 0 radical (unpaired) electrons. The molecule has 1 saturated carbocycles. The third-order valence-electron chi connectivity index (χ3n) is 3.36. The number of carboxylic acid groups (broad SMARTS) is 1. The maximum absolute atomic E-state index is 11.4. The first-order valence-electron chi connectivity index (χ1n) is 6.06. The largest absolute Gasteiger partial charge is 0.481 e. The smallest absolute Gasteiger partial charge is 0.303 e. The first kappa shape index (κ1) is 13.0. The van der Waals surface area contributed by atoms with E-state index in [1.807, 2.05) is 6.92 Å². The Morgan fingerprint density at radius 3 is 2.50 bits per heavy atom. The minimum absolute atomic E-state index is 0.0542. The molecule has 0 unspecified atom stereocenters. The summed E-state index contributed by atoms with van der Waals surface area (Å²) in [6.07, 6.45) is 5.57. The predicted molar refractivity (Wildman–Crippen MR) is 61.1 cm³/mol. The van der Waals surface area contributed by atoms with Crippen LogP contribution in [-0.4, -0.2) is 23.5 Å². The molecular formula is C12H21NO3. The molecule has 1 amide bonds. The summed E-state index contributed by atoms with van der Waals surface area (Å²) in [7, 11) is 0. The third kappa shape index (κ3) is 3.83. The van der Waals surface area contributed by atoms with Gasteiger partial charge in [-0.25, -0.2) is 0 Å². The van der Waals surface area contributed by atoms with Crippen LogP contribution < -0.4 is 5.32 Å². The van der Waals surface area contributed by atoms with E-state index in [2.05, 4.69) is 5.32 Å². The van der Waals surface area contributed by atoms with E-state index in [4.69, 9.17) is 5.11 Å². The fourth-order valence-electron chi connectivity index (χ4n) is 2.13. The highest BCUT2D eigenvalue weighted by atomic mass is 16.4. The number of aliphatic carboxylic acids is 1. The van der Waals surface area contributed by atoms with E-state index < -0.39 is 5.97 Å². The molecule has 1 aliphatic carbocycles. The van der Waals surface area contributed by atoms with E-state index in [-0.39, 0.29) is 17.7 Å². The van der Waals surface area contributed by atoms with Crippen LogP contribution in [0.2, 0.25) is 0 Å². The maximum Gasteiger partial charge on any atom is 0.303 e. The van der Waals surface area contributed by atoms with Crippen molar-refractivity contribution in [3.8, 4) is 0 Å². The minimum atomic E-state index is -0.762. The monoisotopic (exact) mass is 227 g/mol. The standard InChI is InChI=1S/C12H21NO3/c1-2-3-5-10(14)13-9-12(6-4-7-12)8-11(15)16/h2-9H2,1H3,(H,13,14)(H,15,16). The number of carbonyl (C=O) groups is 2. The van der Waals surface area contributed by atoms with E-state index in [0.717, 1.165) is 32.1 Å². The Morgan fingerprint density at radius 2 is 2.06 bits per heavy atom. The van der Waals surface area contributed by atoms with Gasteiger partial charge in [0.25, 0.3) is 0 Å². The van der Waals surface area contributed by atoms with E-state index in [9.17, 15) is 9.59 Å². The maximum atomic E-state index is 11.4. The Bertz CT molecular complexity index is 259. The molecule has 0 aromatic carbocycles. The Balaban J connectivity index is 2.28. The van der Waals surface area contributed by atoms with Gasteiger partial charge in [0.1, 0.15) is 0 Å². The Morgan fingerprint density at radius 1 is 1.38 bits per heavy atom. The molecule has 92 valence electrons. The van der Waals surface area contributed by atoms with Gasteiger partial charge in [0, 0.05) is 13.0 Å². The first-order chi connectivity index (χ1) is 7.58. The van der Waals surface area contributed by atoms with Crippen LogP contribution >= 0.6 is 0 Å². The normalized spacial score (nSPS) is 17.6. The van der Waals surface area contributed by atoms with Crippen molar-refractivity contribution in [2.24, 2.45) is 5.41 Å². The second-order valence-electron chi connectivity index (χ2n) is 4.80. The lowest BCUT2D eigenvalue weighted by Crippen LogP contribution is -2.43. The topological polar surface area (TPSA) is 66.4 Å². The molecule has 0 saturated heterocycles. The van der Waals surface area contributed by atoms with Gasteiger partial charge in [0.05, 0.1) is 6.42 Å². The molecule has 1 fully saturated rings. The molecule has 4 heteroatoms. The summed E-state index contributed by atoms with van der Waals surface area (Å²) in [5, 5.41) is 11.7. The molecule has 2 N–H and O–H groups in total. The molecule has 1 rings (SSSR count). The fraction of sp³-hybridized carbons (Fsp3) is 0.833. The molecule has 0 aromatic rings. The number of amides is 1. The van der Waals surface area contributed by atoms with Crippen LogP contribution in [0.1, 0.15) is 51.9 Å². The molecule has 4 nitrogen and oxygen atoms in total. The second-order valence-corrected chi connectivity index (χ2v) is 4.80. The number of hydrogen-bond acceptors (Lipinski definition) is 2. The molecule has 0 atom stereocenters. The van der Waals surface area contributed by atoms with Gasteiger partial charge < -0.3 is 10.4 Å². The zero-order chi connectivity index (χ0) is 12.0. The predicted octanol–water partition coefficient (Wildman–Crippen LogP) is 1.94. The van der Waals surface area contributed by atoms with E-state index in [1.54, 1.807) is 0 Å². The molecule has 0 aliphatic heterocycles. The van der Waals surface area contributed by atoms with Crippen molar-refractivity contribution in [1.29, 1.82) is 0 Å². The molecule has 0 bridgehead atoms. The van der Waals surface area contributed by atoms with Crippen molar-refractivity contribution in [1.82, 2.24) is 5.32 Å². The van der Waals surface area contributed by atoms with Crippen molar-refractivity contribution < 1.29 is 14.7 Å². The lowest BCUT2D eigenvalue weighted by atomic mass is 9.66. The van der Waals surface area contributed by atoms with E-state index in [0.29, 0.717) is 13.0 Å². The van der Waals surface area contributed by atoms with Crippen LogP contribution in [0, 0.1) is 5.41 Å². The average Bonchev–Trinajstić information content (AvgIpc) is 2.18. The highest BCUT2D eigenvalue weighted by molar-refractivity contribution is 5.76. The Kier molecular flexibility index (Phi) is 4.77. The summed E-state index contributed by atoms with van der Waals surface area (Å²) in [5.74, 6) is -0.707. The summed E-state index contributed by atoms with van der Waals surface area (Å²) < 4.78 is 0. The Hall–Kier alpha value is -1.06. The van der Waals surface area contributed by atoms with Crippen molar-refractivity contribution in [3.05, 3.63) is 0 Å². The van der Waals surface area contributed by atoms with Gasteiger partial charge in [-0.3, -0.25) is 9.59 Å². The van der Waals surface area contributed by atoms with Crippen LogP contribution in [0.15, 0.2) is 0 Å². The minimum Gasteiger partial charge on any atom is -0.481 e. The van der Waals surface area contributed by atoms with Crippen LogP contribution in [-0.2, 0) is 9.59 Å². The SMILES string of the molecule is CCCCC(=O)NCC1(CC(=O)O)CCC1. The lowest BCUT2D eigenvalue weighted by Gasteiger charge is -2.40. The first-order valence-corrected chi connectivity index (χ1v) is 6.06. The Labute approximate surface area is 96.4 Å². The van der Waals surface area contributed by atoms with Crippen LogP contribution in [0.4, 0.5) is 0 Å². The summed E-state index contributed by atoms with van der Waals surface area (Å²) in [6.45, 7) is 2.58. The number of carbonyl (C=O) groups excluding carboxylic acids is 1. The number of unbranched alkanes of at least 4 members (excludes halogenated alkanes) is 1. The quantitative estimate of drug-likeness (QED) is 0.698. The van der Waals surface area contributed by atoms with Gasteiger partial charge in [0.15, 0.2) is 0 Å². The van der Waals surface area contributed by atoms with Gasteiger partial charge >= 0.3 is 5.97 Å². The number of hydrogen-bond donors (Lipinski definition) is 2. The third-order valence-corrected chi connectivity index (χ3v) is 3.36. The molecule has 1 aliphatic rings. The lowest BCUT2D eigenvalue weighted by molar-refractivity contribution is -0.141. The number of carboxylic acids is 1. The van der Waals surface area contributed by atoms with Gasteiger partial charge in [-0.1, -0.05) is 19.8 Å². The molecule has 16 heavy (non-hydrogen) atoms. The fourth-order valence-corrected chi connectivity index (χ4v) is 2.13. The van der Waals surface area contributed by atoms with Crippen LogP contribution in [0.5, 0.6) is 0 Å². The number of rotatable bonds is 7. The summed E-state index contributed by atoms with van der Waals surface area (Å²) in [5.41, 5.74) is -0.159. The van der Waals surface area contributed by atoms with Crippen LogP contribution in [0.3, 0.4) is 0 Å². The summed E-state index contributed by atoms with van der Waals surface area (Å²) >= 11 is 0. The summed E-state index contributed by atoms with van der Waals surface area (Å²) in [6, 6.07) is 0. The van der Waals surface area contributed by atoms with Gasteiger partial charge in [-0.05, 0) is 24.7 Å². The molecule has 0 spiro atoms. The van der Waals surface area contributed by atoms with Crippen molar-refractivity contribution >= 4 is 11.9 Å². The second kappa shape index (κ2) is 5.87. The zero-order valence-electron chi connectivity index (χ0n) is 9.92. The van der Waals surface area contributed by atoms with E-state index >= 15 is 0 Å². The highest BCUT2D eigenvalue weighted by Crippen LogP contribution is 2.43. The molecular weight excluding hydrogens is 206 g/mol. The average molecular weight is 227 g/mol. The van der Waals surface area contributed by atoms with E-state index in [1.165, 1.54) is 0 Å². The highest BCUT2D eigenvalue weighted by Gasteiger charge is 2.39. The summed E-state index contributed by atoms with van der Waals surface area (Å²) in [4.78, 5) is 22.1. The van der Waals surface area contributed by atoms with Crippen molar-refractivity contribution in [3.63, 3.8) is 0 Å². The van der Waals surface area contributed by atoms with Gasteiger partial charge in [-0.2, -0.15) is 0 Å². The van der Waals surface area contributed by atoms with Crippen LogP contribution in [0.25, 0.3) is 0 Å². The molecule has 0 heterocycles. The van der Waals surface area contributed by atoms with Crippen molar-refractivity contribution in [2.45, 2.75) is 51.9 Å². The van der Waals surface area contributed by atoms with Crippen molar-refractivity contribution in [2.75, 3.05) is 6.54 Å².